The summed E-state index contributed by atoms with van der Waals surface area (Å²) in [4.78, 5) is 34.3. The number of rotatable bonds is 6. The van der Waals surface area contributed by atoms with E-state index in [1.807, 2.05) is 0 Å². The minimum absolute atomic E-state index is 0.0967. The van der Waals surface area contributed by atoms with Crippen LogP contribution in [0.2, 0.25) is 0 Å². The number of nitro benzene ring substituents is 1. The van der Waals surface area contributed by atoms with Gasteiger partial charge >= 0.3 is 5.97 Å². The van der Waals surface area contributed by atoms with Gasteiger partial charge in [0, 0.05) is 36.1 Å². The molecule has 8 nitrogen and oxygen atoms in total. The molecule has 2 aromatic carbocycles. The van der Waals surface area contributed by atoms with E-state index in [9.17, 15) is 19.7 Å². The number of carbonyl (C=O) groups is 2. The molecule has 0 spiro atoms. The molecule has 0 atom stereocenters. The number of nitro groups is 1. The Labute approximate surface area is 143 Å². The monoisotopic (exact) mass is 344 g/mol. The van der Waals surface area contributed by atoms with Gasteiger partial charge in [-0.2, -0.15) is 0 Å². The molecule has 0 aliphatic heterocycles. The second-order valence-corrected chi connectivity index (χ2v) is 5.06. The highest BCUT2D eigenvalue weighted by molar-refractivity contribution is 6.06. The van der Waals surface area contributed by atoms with Crippen LogP contribution in [0.5, 0.6) is 0 Å². The summed E-state index contributed by atoms with van der Waals surface area (Å²) in [5.74, 6) is -1.01. The van der Waals surface area contributed by atoms with E-state index in [4.69, 9.17) is 4.74 Å². The zero-order valence-electron chi connectivity index (χ0n) is 13.6. The number of benzene rings is 2. The van der Waals surface area contributed by atoms with Crippen LogP contribution >= 0.6 is 0 Å². The third-order valence-electron chi connectivity index (χ3n) is 3.39. The Kier molecular flexibility index (Phi) is 5.80. The van der Waals surface area contributed by atoms with Gasteiger partial charge in [-0.05, 0) is 24.3 Å². The Hall–Kier alpha value is -3.26. The molecule has 1 amide bonds. The van der Waals surface area contributed by atoms with Crippen molar-refractivity contribution >= 4 is 23.3 Å². The van der Waals surface area contributed by atoms with Crippen LogP contribution in [0.3, 0.4) is 0 Å². The average Bonchev–Trinajstić information content (AvgIpc) is 2.62. The van der Waals surface area contributed by atoms with Crippen molar-refractivity contribution in [3.63, 3.8) is 0 Å². The van der Waals surface area contributed by atoms with E-state index >= 15 is 0 Å². The molecule has 2 rings (SSSR count). The van der Waals surface area contributed by atoms with Crippen LogP contribution in [0.25, 0.3) is 0 Å². The fourth-order valence-electron chi connectivity index (χ4n) is 2.19. The van der Waals surface area contributed by atoms with Crippen molar-refractivity contribution in [3.05, 3.63) is 69.3 Å². The largest absolute Gasteiger partial charge is 0.465 e. The predicted molar refractivity (Wildman–Crippen MR) is 89.5 cm³/mol. The molecule has 25 heavy (non-hydrogen) atoms. The quantitative estimate of drug-likeness (QED) is 0.490. The van der Waals surface area contributed by atoms with E-state index in [-0.39, 0.29) is 23.4 Å². The fourth-order valence-corrected chi connectivity index (χ4v) is 2.19. The Morgan fingerprint density at radius 2 is 1.84 bits per heavy atom. The van der Waals surface area contributed by atoms with Gasteiger partial charge in [-0.1, -0.05) is 6.07 Å². The molecule has 130 valence electrons. The second kappa shape index (κ2) is 8.02. The lowest BCUT2D eigenvalue weighted by Crippen LogP contribution is -2.14. The normalized spacial score (nSPS) is 10.2. The molecular weight excluding hydrogens is 328 g/mol. The lowest BCUT2D eigenvalue weighted by Gasteiger charge is -2.11. The van der Waals surface area contributed by atoms with Gasteiger partial charge in [-0.25, -0.2) is 4.79 Å². The van der Waals surface area contributed by atoms with Crippen LogP contribution in [-0.4, -0.2) is 31.0 Å². The van der Waals surface area contributed by atoms with Gasteiger partial charge < -0.3 is 14.8 Å². The average molecular weight is 344 g/mol. The number of methoxy groups -OCH3 is 2. The SMILES string of the molecule is COCc1cc([N+](=O)[O-])ccc1NC(=O)c1cccc(C(=O)OC)c1. The van der Waals surface area contributed by atoms with E-state index in [0.717, 1.165) is 0 Å². The molecule has 0 aliphatic rings. The molecule has 0 heterocycles. The number of nitrogens with zero attached hydrogens (tertiary/aromatic N) is 1. The predicted octanol–water partition coefficient (Wildman–Crippen LogP) is 2.78. The molecule has 1 N–H and O–H groups in total. The third-order valence-corrected chi connectivity index (χ3v) is 3.39. The number of amides is 1. The van der Waals surface area contributed by atoms with Gasteiger partial charge in [0.2, 0.25) is 0 Å². The van der Waals surface area contributed by atoms with Crippen LogP contribution in [0.4, 0.5) is 11.4 Å². The van der Waals surface area contributed by atoms with Crippen molar-refractivity contribution in [2.45, 2.75) is 6.61 Å². The summed E-state index contributed by atoms with van der Waals surface area (Å²) in [6.07, 6.45) is 0. The zero-order valence-corrected chi connectivity index (χ0v) is 13.6. The Bertz CT molecular complexity index is 819. The van der Waals surface area contributed by atoms with Crippen LogP contribution in [-0.2, 0) is 16.1 Å². The number of hydrogen-bond donors (Lipinski definition) is 1. The fraction of sp³-hybridized carbons (Fsp3) is 0.176. The van der Waals surface area contributed by atoms with Crippen molar-refractivity contribution in [1.29, 1.82) is 0 Å². The molecule has 0 saturated heterocycles. The van der Waals surface area contributed by atoms with Crippen molar-refractivity contribution < 1.29 is 24.0 Å². The zero-order chi connectivity index (χ0) is 18.4. The van der Waals surface area contributed by atoms with Gasteiger partial charge in [0.25, 0.3) is 11.6 Å². The topological polar surface area (TPSA) is 108 Å². The van der Waals surface area contributed by atoms with Gasteiger partial charge in [0.1, 0.15) is 0 Å². The highest BCUT2D eigenvalue weighted by Gasteiger charge is 2.15. The maximum absolute atomic E-state index is 12.4. The minimum atomic E-state index is -0.551. The number of esters is 1. The number of hydrogen-bond acceptors (Lipinski definition) is 6. The van der Waals surface area contributed by atoms with Crippen LogP contribution in [0.1, 0.15) is 26.3 Å². The van der Waals surface area contributed by atoms with Crippen molar-refractivity contribution in [2.75, 3.05) is 19.5 Å². The molecule has 0 bridgehead atoms. The van der Waals surface area contributed by atoms with E-state index in [1.165, 1.54) is 44.6 Å². The van der Waals surface area contributed by atoms with Gasteiger partial charge in [0.05, 0.1) is 24.2 Å². The maximum atomic E-state index is 12.4. The number of carbonyl (C=O) groups excluding carboxylic acids is 2. The van der Waals surface area contributed by atoms with Crippen LogP contribution in [0.15, 0.2) is 42.5 Å². The molecule has 0 aromatic heterocycles. The summed E-state index contributed by atoms with van der Waals surface area (Å²) in [7, 11) is 2.70. The standard InChI is InChI=1S/C17H16N2O6/c1-24-10-13-9-14(19(22)23)6-7-15(13)18-16(20)11-4-3-5-12(8-11)17(21)25-2/h3-9H,10H2,1-2H3,(H,18,20). The third kappa shape index (κ3) is 4.39. The molecular formula is C17H16N2O6. The van der Waals surface area contributed by atoms with Gasteiger partial charge in [0.15, 0.2) is 0 Å². The van der Waals surface area contributed by atoms with Crippen LogP contribution < -0.4 is 5.32 Å². The Morgan fingerprint density at radius 3 is 2.48 bits per heavy atom. The lowest BCUT2D eigenvalue weighted by molar-refractivity contribution is -0.384. The molecule has 0 unspecified atom stereocenters. The Morgan fingerprint density at radius 1 is 1.12 bits per heavy atom. The molecule has 0 saturated carbocycles. The second-order valence-electron chi connectivity index (χ2n) is 5.06. The minimum Gasteiger partial charge on any atom is -0.465 e. The van der Waals surface area contributed by atoms with Crippen molar-refractivity contribution in [2.24, 2.45) is 0 Å². The summed E-state index contributed by atoms with van der Waals surface area (Å²) < 4.78 is 9.65. The highest BCUT2D eigenvalue weighted by atomic mass is 16.6. The molecule has 0 fully saturated rings. The van der Waals surface area contributed by atoms with E-state index in [1.54, 1.807) is 12.1 Å². The van der Waals surface area contributed by atoms with Gasteiger partial charge in [-0.15, -0.1) is 0 Å². The summed E-state index contributed by atoms with van der Waals surface area (Å²) in [6.45, 7) is 0.0967. The molecule has 2 aromatic rings. The van der Waals surface area contributed by atoms with Crippen molar-refractivity contribution in [3.8, 4) is 0 Å². The summed E-state index contributed by atoms with van der Waals surface area (Å²) in [6, 6.07) is 10.1. The first-order valence-electron chi connectivity index (χ1n) is 7.22. The maximum Gasteiger partial charge on any atom is 0.337 e. The first kappa shape index (κ1) is 18.1. The number of anilines is 1. The summed E-state index contributed by atoms with van der Waals surface area (Å²) in [5, 5.41) is 13.5. The number of ether oxygens (including phenoxy) is 2. The highest BCUT2D eigenvalue weighted by Crippen LogP contribution is 2.23. The first-order valence-corrected chi connectivity index (χ1v) is 7.22. The van der Waals surface area contributed by atoms with Crippen LogP contribution in [0, 0.1) is 10.1 Å². The molecule has 0 aliphatic carbocycles. The van der Waals surface area contributed by atoms with Crippen molar-refractivity contribution in [1.82, 2.24) is 0 Å². The summed E-state index contributed by atoms with van der Waals surface area (Å²) in [5.41, 5.74) is 1.26. The van der Waals surface area contributed by atoms with E-state index in [0.29, 0.717) is 11.3 Å². The number of non-ortho nitro benzene ring substituents is 1. The molecule has 0 radical (unpaired) electrons. The summed E-state index contributed by atoms with van der Waals surface area (Å²) >= 11 is 0. The first-order chi connectivity index (χ1) is 12.0. The Balaban J connectivity index is 2.28. The number of nitrogens with one attached hydrogen (secondary N) is 1. The van der Waals surface area contributed by atoms with E-state index in [2.05, 4.69) is 10.1 Å². The lowest BCUT2D eigenvalue weighted by atomic mass is 10.1. The smallest absolute Gasteiger partial charge is 0.337 e. The van der Waals surface area contributed by atoms with Gasteiger partial charge in [-0.3, -0.25) is 14.9 Å². The molecule has 8 heteroatoms. The van der Waals surface area contributed by atoms with E-state index < -0.39 is 16.8 Å².